The van der Waals surface area contributed by atoms with Crippen LogP contribution in [0.25, 0.3) is 0 Å². The summed E-state index contributed by atoms with van der Waals surface area (Å²) in [4.78, 5) is 0. The van der Waals surface area contributed by atoms with Crippen molar-refractivity contribution in [3.05, 3.63) is 35.9 Å². The molecule has 140 valence electrons. The van der Waals surface area contributed by atoms with E-state index >= 15 is 0 Å². The molecule has 1 aromatic rings. The van der Waals surface area contributed by atoms with Crippen LogP contribution < -0.4 is 0 Å². The van der Waals surface area contributed by atoms with Gasteiger partial charge in [-0.15, -0.1) is 0 Å². The van der Waals surface area contributed by atoms with Crippen molar-refractivity contribution in [3.63, 3.8) is 0 Å². The van der Waals surface area contributed by atoms with Gasteiger partial charge in [-0.3, -0.25) is 0 Å². The molecule has 0 saturated heterocycles. The number of hydrogen-bond acceptors (Lipinski definition) is 1. The molecule has 1 nitrogen and oxygen atoms in total. The first-order chi connectivity index (χ1) is 12.4. The molecule has 1 rings (SSSR count). The highest BCUT2D eigenvalue weighted by Gasteiger charge is 2.10. The van der Waals surface area contributed by atoms with E-state index in [1.54, 1.807) is 5.56 Å². The molecule has 1 unspecified atom stereocenters. The highest BCUT2D eigenvalue weighted by molar-refractivity contribution is 5.19. The second-order valence-corrected chi connectivity index (χ2v) is 7.48. The highest BCUT2D eigenvalue weighted by atomic mass is 14.2. The van der Waals surface area contributed by atoms with E-state index in [4.69, 9.17) is 5.26 Å². The van der Waals surface area contributed by atoms with Crippen molar-refractivity contribution in [3.8, 4) is 6.07 Å². The van der Waals surface area contributed by atoms with Crippen LogP contribution in [0, 0.1) is 11.3 Å². The molecular formula is C24H39N. The van der Waals surface area contributed by atoms with Gasteiger partial charge in [-0.1, -0.05) is 108 Å². The van der Waals surface area contributed by atoms with Gasteiger partial charge in [-0.2, -0.15) is 5.26 Å². The Labute approximate surface area is 156 Å². The van der Waals surface area contributed by atoms with Crippen LogP contribution in [0.4, 0.5) is 0 Å². The lowest BCUT2D eigenvalue weighted by Crippen LogP contribution is -1.99. The van der Waals surface area contributed by atoms with Gasteiger partial charge in [0.25, 0.3) is 0 Å². The molecule has 0 radical (unpaired) electrons. The largest absolute Gasteiger partial charge is 0.198 e. The van der Waals surface area contributed by atoms with Crippen LogP contribution in [0.15, 0.2) is 30.3 Å². The fourth-order valence-electron chi connectivity index (χ4n) is 3.68. The maximum absolute atomic E-state index is 8.56. The Kier molecular flexibility index (Phi) is 14.1. The Morgan fingerprint density at radius 2 is 1.24 bits per heavy atom. The molecular weight excluding hydrogens is 302 g/mol. The van der Waals surface area contributed by atoms with Gasteiger partial charge < -0.3 is 0 Å². The number of benzene rings is 1. The molecule has 0 heterocycles. The first-order valence-corrected chi connectivity index (χ1v) is 10.8. The maximum atomic E-state index is 8.56. The van der Waals surface area contributed by atoms with E-state index in [9.17, 15) is 0 Å². The van der Waals surface area contributed by atoms with Crippen LogP contribution in [-0.2, 0) is 0 Å². The molecule has 0 N–H and O–H groups in total. The quantitative estimate of drug-likeness (QED) is 0.278. The zero-order chi connectivity index (χ0) is 18.0. The first-order valence-electron chi connectivity index (χ1n) is 10.8. The van der Waals surface area contributed by atoms with Crippen LogP contribution in [0.5, 0.6) is 0 Å². The molecule has 1 aromatic carbocycles. The average molecular weight is 342 g/mol. The standard InChI is InChI=1S/C24H39N/c1-2-3-4-5-9-13-18-23(24-20-15-12-16-21-24)19-14-10-7-6-8-11-17-22-25/h12,15-16,20-21,23H,2-11,13-14,17-19H2,1H3. The summed E-state index contributed by atoms with van der Waals surface area (Å²) in [7, 11) is 0. The van der Waals surface area contributed by atoms with E-state index in [1.807, 2.05) is 0 Å². The summed E-state index contributed by atoms with van der Waals surface area (Å²) in [5, 5.41) is 8.56. The lowest BCUT2D eigenvalue weighted by molar-refractivity contribution is 0.486. The summed E-state index contributed by atoms with van der Waals surface area (Å²) in [6.45, 7) is 2.29. The summed E-state index contributed by atoms with van der Waals surface area (Å²) in [5.41, 5.74) is 1.55. The molecule has 0 bridgehead atoms. The molecule has 0 aliphatic carbocycles. The number of nitriles is 1. The molecule has 0 fully saturated rings. The maximum Gasteiger partial charge on any atom is 0.0621 e. The Bertz CT molecular complexity index is 431. The summed E-state index contributed by atoms with van der Waals surface area (Å²) >= 11 is 0. The van der Waals surface area contributed by atoms with Gasteiger partial charge in [0.15, 0.2) is 0 Å². The van der Waals surface area contributed by atoms with E-state index in [-0.39, 0.29) is 0 Å². The minimum Gasteiger partial charge on any atom is -0.198 e. The van der Waals surface area contributed by atoms with Crippen LogP contribution >= 0.6 is 0 Å². The van der Waals surface area contributed by atoms with Gasteiger partial charge in [0.1, 0.15) is 0 Å². The van der Waals surface area contributed by atoms with Crippen LogP contribution in [0.2, 0.25) is 0 Å². The van der Waals surface area contributed by atoms with Crippen LogP contribution in [0.3, 0.4) is 0 Å². The zero-order valence-electron chi connectivity index (χ0n) is 16.5. The summed E-state index contributed by atoms with van der Waals surface area (Å²) < 4.78 is 0. The molecule has 0 aromatic heterocycles. The van der Waals surface area contributed by atoms with Gasteiger partial charge in [-0.25, -0.2) is 0 Å². The van der Waals surface area contributed by atoms with Crippen molar-refractivity contribution in [2.75, 3.05) is 0 Å². The van der Waals surface area contributed by atoms with Gasteiger partial charge in [-0.05, 0) is 30.7 Å². The Balaban J connectivity index is 2.22. The number of hydrogen-bond donors (Lipinski definition) is 0. The third-order valence-electron chi connectivity index (χ3n) is 5.27. The molecule has 0 aliphatic rings. The normalized spacial score (nSPS) is 12.0. The van der Waals surface area contributed by atoms with Gasteiger partial charge >= 0.3 is 0 Å². The van der Waals surface area contributed by atoms with Crippen molar-refractivity contribution in [2.45, 2.75) is 109 Å². The Morgan fingerprint density at radius 1 is 0.720 bits per heavy atom. The van der Waals surface area contributed by atoms with Crippen molar-refractivity contribution < 1.29 is 0 Å². The third-order valence-corrected chi connectivity index (χ3v) is 5.27. The molecule has 25 heavy (non-hydrogen) atoms. The molecule has 1 heteroatoms. The molecule has 0 spiro atoms. The minimum atomic E-state index is 0.730. The van der Waals surface area contributed by atoms with E-state index in [2.05, 4.69) is 43.3 Å². The highest BCUT2D eigenvalue weighted by Crippen LogP contribution is 2.28. The second-order valence-electron chi connectivity index (χ2n) is 7.48. The molecule has 0 aliphatic heterocycles. The fraction of sp³-hybridized carbons (Fsp3) is 0.708. The fourth-order valence-corrected chi connectivity index (χ4v) is 3.68. The van der Waals surface area contributed by atoms with Gasteiger partial charge in [0.2, 0.25) is 0 Å². The van der Waals surface area contributed by atoms with Gasteiger partial charge in [0, 0.05) is 6.42 Å². The van der Waals surface area contributed by atoms with E-state index in [0.717, 1.165) is 18.8 Å². The van der Waals surface area contributed by atoms with Crippen molar-refractivity contribution in [1.29, 1.82) is 5.26 Å². The topological polar surface area (TPSA) is 23.8 Å². The van der Waals surface area contributed by atoms with E-state index in [0.29, 0.717) is 0 Å². The van der Waals surface area contributed by atoms with E-state index < -0.39 is 0 Å². The SMILES string of the molecule is CCCCCCCCC(CCCCCCCCC#N)c1ccccc1. The Hall–Kier alpha value is -1.29. The Morgan fingerprint density at radius 3 is 1.80 bits per heavy atom. The van der Waals surface area contributed by atoms with Crippen LogP contribution in [0.1, 0.15) is 115 Å². The summed E-state index contributed by atoms with van der Waals surface area (Å²) in [6, 6.07) is 13.4. The molecule has 0 amide bonds. The van der Waals surface area contributed by atoms with Crippen LogP contribution in [-0.4, -0.2) is 0 Å². The molecule has 1 atom stereocenters. The zero-order valence-corrected chi connectivity index (χ0v) is 16.5. The molecule has 0 saturated carbocycles. The van der Waals surface area contributed by atoms with Gasteiger partial charge in [0.05, 0.1) is 6.07 Å². The number of unbranched alkanes of at least 4 members (excludes halogenated alkanes) is 11. The smallest absolute Gasteiger partial charge is 0.0621 e. The second kappa shape index (κ2) is 16.2. The predicted octanol–water partition coefficient (Wildman–Crippen LogP) is 8.17. The number of nitrogens with zero attached hydrogens (tertiary/aromatic N) is 1. The minimum absolute atomic E-state index is 0.730. The van der Waals surface area contributed by atoms with Crippen molar-refractivity contribution in [1.82, 2.24) is 0 Å². The van der Waals surface area contributed by atoms with E-state index in [1.165, 1.54) is 83.5 Å². The van der Waals surface area contributed by atoms with Crippen molar-refractivity contribution in [2.24, 2.45) is 0 Å². The summed E-state index contributed by atoms with van der Waals surface area (Å²) in [5.74, 6) is 0.756. The predicted molar refractivity (Wildman–Crippen MR) is 110 cm³/mol. The van der Waals surface area contributed by atoms with Crippen molar-refractivity contribution >= 4 is 0 Å². The lowest BCUT2D eigenvalue weighted by Gasteiger charge is -2.17. The first kappa shape index (κ1) is 21.8. The monoisotopic (exact) mass is 341 g/mol. The number of rotatable bonds is 16. The summed E-state index contributed by atoms with van der Waals surface area (Å²) in [6.07, 6.45) is 19.5. The lowest BCUT2D eigenvalue weighted by atomic mass is 9.88. The average Bonchev–Trinajstić information content (AvgIpc) is 2.65. The third kappa shape index (κ3) is 11.8.